The number of hydrogen-bond acceptors (Lipinski definition) is 2. The summed E-state index contributed by atoms with van der Waals surface area (Å²) >= 11 is 0. The van der Waals surface area contributed by atoms with Gasteiger partial charge in [0.2, 0.25) is 0 Å². The molecule has 0 aromatic carbocycles. The van der Waals surface area contributed by atoms with E-state index >= 15 is 0 Å². The SMILES string of the molecule is CC(N)COC1CCCC1. The first kappa shape index (κ1) is 8.02. The van der Waals surface area contributed by atoms with Gasteiger partial charge >= 0.3 is 0 Å². The van der Waals surface area contributed by atoms with E-state index in [0.717, 1.165) is 6.61 Å². The number of rotatable bonds is 3. The molecular weight excluding hydrogens is 126 g/mol. The average Bonchev–Trinajstić information content (AvgIpc) is 2.34. The Balaban J connectivity index is 2.01. The summed E-state index contributed by atoms with van der Waals surface area (Å²) in [5.41, 5.74) is 5.55. The van der Waals surface area contributed by atoms with Crippen LogP contribution in [0.25, 0.3) is 0 Å². The molecule has 0 radical (unpaired) electrons. The Morgan fingerprint density at radius 1 is 1.50 bits per heavy atom. The Labute approximate surface area is 62.7 Å². The van der Waals surface area contributed by atoms with Crippen LogP contribution in [0.5, 0.6) is 0 Å². The van der Waals surface area contributed by atoms with Gasteiger partial charge in [-0.1, -0.05) is 12.8 Å². The lowest BCUT2D eigenvalue weighted by atomic mass is 10.3. The quantitative estimate of drug-likeness (QED) is 0.646. The molecule has 1 aliphatic rings. The summed E-state index contributed by atoms with van der Waals surface area (Å²) in [5, 5.41) is 0. The van der Waals surface area contributed by atoms with Crippen molar-refractivity contribution in [1.29, 1.82) is 0 Å². The first-order valence-electron chi connectivity index (χ1n) is 4.16. The zero-order valence-electron chi connectivity index (χ0n) is 6.68. The van der Waals surface area contributed by atoms with Crippen LogP contribution in [0.1, 0.15) is 32.6 Å². The van der Waals surface area contributed by atoms with Crippen LogP contribution in [0.2, 0.25) is 0 Å². The van der Waals surface area contributed by atoms with Crippen molar-refractivity contribution in [3.63, 3.8) is 0 Å². The highest BCUT2D eigenvalue weighted by molar-refractivity contribution is 4.67. The zero-order valence-corrected chi connectivity index (χ0v) is 6.68. The molecule has 0 aromatic heterocycles. The van der Waals surface area contributed by atoms with Crippen LogP contribution in [-0.2, 0) is 4.74 Å². The van der Waals surface area contributed by atoms with E-state index in [0.29, 0.717) is 6.10 Å². The van der Waals surface area contributed by atoms with E-state index in [2.05, 4.69) is 0 Å². The second-order valence-corrected chi connectivity index (χ2v) is 3.22. The molecule has 1 aliphatic carbocycles. The highest BCUT2D eigenvalue weighted by atomic mass is 16.5. The van der Waals surface area contributed by atoms with Gasteiger partial charge in [-0.15, -0.1) is 0 Å². The molecule has 2 heteroatoms. The topological polar surface area (TPSA) is 35.2 Å². The van der Waals surface area contributed by atoms with Crippen molar-refractivity contribution >= 4 is 0 Å². The van der Waals surface area contributed by atoms with E-state index in [1.54, 1.807) is 0 Å². The van der Waals surface area contributed by atoms with E-state index in [1.807, 2.05) is 6.92 Å². The van der Waals surface area contributed by atoms with E-state index in [4.69, 9.17) is 10.5 Å². The summed E-state index contributed by atoms with van der Waals surface area (Å²) in [6.07, 6.45) is 5.68. The summed E-state index contributed by atoms with van der Waals surface area (Å²) in [6.45, 7) is 2.71. The van der Waals surface area contributed by atoms with Crippen LogP contribution >= 0.6 is 0 Å². The first-order valence-corrected chi connectivity index (χ1v) is 4.16. The smallest absolute Gasteiger partial charge is 0.0618 e. The molecule has 0 bridgehead atoms. The van der Waals surface area contributed by atoms with Gasteiger partial charge in [0.1, 0.15) is 0 Å². The zero-order chi connectivity index (χ0) is 7.40. The highest BCUT2D eigenvalue weighted by Crippen LogP contribution is 2.20. The van der Waals surface area contributed by atoms with Crippen LogP contribution in [0, 0.1) is 0 Å². The first-order chi connectivity index (χ1) is 4.79. The lowest BCUT2D eigenvalue weighted by Crippen LogP contribution is -2.24. The van der Waals surface area contributed by atoms with Crippen molar-refractivity contribution in [2.45, 2.75) is 44.8 Å². The van der Waals surface area contributed by atoms with Gasteiger partial charge in [0.05, 0.1) is 12.7 Å². The van der Waals surface area contributed by atoms with Crippen LogP contribution in [0.4, 0.5) is 0 Å². The second-order valence-electron chi connectivity index (χ2n) is 3.22. The van der Waals surface area contributed by atoms with Gasteiger partial charge in [-0.05, 0) is 19.8 Å². The fourth-order valence-electron chi connectivity index (χ4n) is 1.34. The van der Waals surface area contributed by atoms with Crippen molar-refractivity contribution in [2.75, 3.05) is 6.61 Å². The summed E-state index contributed by atoms with van der Waals surface area (Å²) in [7, 11) is 0. The minimum absolute atomic E-state index is 0.195. The third kappa shape index (κ3) is 2.67. The predicted molar refractivity (Wildman–Crippen MR) is 41.9 cm³/mol. The van der Waals surface area contributed by atoms with E-state index in [9.17, 15) is 0 Å². The van der Waals surface area contributed by atoms with Crippen LogP contribution in [0.3, 0.4) is 0 Å². The molecule has 1 rings (SSSR count). The summed E-state index contributed by atoms with van der Waals surface area (Å²) in [6, 6.07) is 0.195. The van der Waals surface area contributed by atoms with E-state index in [1.165, 1.54) is 25.7 Å². The number of hydrogen-bond donors (Lipinski definition) is 1. The Morgan fingerprint density at radius 2 is 2.10 bits per heavy atom. The standard InChI is InChI=1S/C8H17NO/c1-7(9)6-10-8-4-2-3-5-8/h7-8H,2-6,9H2,1H3. The molecule has 0 saturated heterocycles. The largest absolute Gasteiger partial charge is 0.377 e. The fraction of sp³-hybridized carbons (Fsp3) is 1.00. The average molecular weight is 143 g/mol. The Kier molecular flexibility index (Phi) is 3.16. The summed E-state index contributed by atoms with van der Waals surface area (Å²) < 4.78 is 5.54. The van der Waals surface area contributed by atoms with Crippen molar-refractivity contribution in [1.82, 2.24) is 0 Å². The number of ether oxygens (including phenoxy) is 1. The van der Waals surface area contributed by atoms with Crippen LogP contribution < -0.4 is 5.73 Å². The van der Waals surface area contributed by atoms with Crippen molar-refractivity contribution in [3.05, 3.63) is 0 Å². The van der Waals surface area contributed by atoms with Gasteiger partial charge in [-0.2, -0.15) is 0 Å². The molecule has 2 N–H and O–H groups in total. The molecule has 10 heavy (non-hydrogen) atoms. The molecule has 0 aromatic rings. The predicted octanol–water partition coefficient (Wildman–Crippen LogP) is 1.29. The molecule has 1 atom stereocenters. The van der Waals surface area contributed by atoms with Gasteiger partial charge in [-0.3, -0.25) is 0 Å². The van der Waals surface area contributed by atoms with Gasteiger partial charge < -0.3 is 10.5 Å². The van der Waals surface area contributed by atoms with E-state index < -0.39 is 0 Å². The summed E-state index contributed by atoms with van der Waals surface area (Å²) in [4.78, 5) is 0. The molecule has 1 fully saturated rings. The molecule has 1 saturated carbocycles. The minimum atomic E-state index is 0.195. The molecule has 0 heterocycles. The van der Waals surface area contributed by atoms with Gasteiger partial charge in [0.25, 0.3) is 0 Å². The van der Waals surface area contributed by atoms with Crippen molar-refractivity contribution in [2.24, 2.45) is 5.73 Å². The van der Waals surface area contributed by atoms with E-state index in [-0.39, 0.29) is 6.04 Å². The maximum atomic E-state index is 5.55. The van der Waals surface area contributed by atoms with Gasteiger partial charge in [0.15, 0.2) is 0 Å². The van der Waals surface area contributed by atoms with Gasteiger partial charge in [-0.25, -0.2) is 0 Å². The second kappa shape index (κ2) is 3.94. The fourth-order valence-corrected chi connectivity index (χ4v) is 1.34. The van der Waals surface area contributed by atoms with Crippen molar-refractivity contribution < 1.29 is 4.74 Å². The summed E-state index contributed by atoms with van der Waals surface area (Å²) in [5.74, 6) is 0. The molecule has 60 valence electrons. The highest BCUT2D eigenvalue weighted by Gasteiger charge is 2.15. The number of nitrogens with two attached hydrogens (primary N) is 1. The third-order valence-corrected chi connectivity index (χ3v) is 1.90. The lowest BCUT2D eigenvalue weighted by molar-refractivity contribution is 0.0516. The van der Waals surface area contributed by atoms with Crippen LogP contribution in [-0.4, -0.2) is 18.8 Å². The molecule has 0 aliphatic heterocycles. The molecule has 2 nitrogen and oxygen atoms in total. The Hall–Kier alpha value is -0.0800. The Bertz CT molecular complexity index is 87.3. The molecular formula is C8H17NO. The lowest BCUT2D eigenvalue weighted by Gasteiger charge is -2.12. The van der Waals surface area contributed by atoms with Crippen LogP contribution in [0.15, 0.2) is 0 Å². The molecule has 1 unspecified atom stereocenters. The van der Waals surface area contributed by atoms with Gasteiger partial charge in [0, 0.05) is 6.04 Å². The maximum absolute atomic E-state index is 5.55. The maximum Gasteiger partial charge on any atom is 0.0618 e. The minimum Gasteiger partial charge on any atom is -0.377 e. The monoisotopic (exact) mass is 143 g/mol. The normalized spacial score (nSPS) is 23.4. The van der Waals surface area contributed by atoms with Crippen molar-refractivity contribution in [3.8, 4) is 0 Å². The third-order valence-electron chi connectivity index (χ3n) is 1.90. The molecule has 0 amide bonds. The molecule has 0 spiro atoms. The Morgan fingerprint density at radius 3 is 2.60 bits per heavy atom.